The van der Waals surface area contributed by atoms with E-state index in [1.165, 1.54) is 11.1 Å². The standard InChI is InChI=1S/C19H23AsF/c1-19(2,3)17-10-8-15(9-11-17)14-20-13-12-16-6-4-5-7-18(16)21/h4-11H,12-14H2,1-3H3. The predicted molar refractivity (Wildman–Crippen MR) is 89.5 cm³/mol. The molecule has 0 saturated heterocycles. The number of hydrogen-bond donors (Lipinski definition) is 0. The number of benzene rings is 2. The van der Waals surface area contributed by atoms with Crippen LogP contribution in [-0.4, -0.2) is 15.8 Å². The summed E-state index contributed by atoms with van der Waals surface area (Å²) in [6.45, 7) is 6.72. The molecule has 0 aliphatic heterocycles. The molecule has 111 valence electrons. The fourth-order valence-electron chi connectivity index (χ4n) is 2.22. The van der Waals surface area contributed by atoms with Crippen LogP contribution in [0.1, 0.15) is 37.5 Å². The minimum atomic E-state index is -0.0618. The fraction of sp³-hybridized carbons (Fsp3) is 0.368. The molecule has 0 fully saturated rings. The van der Waals surface area contributed by atoms with Crippen molar-refractivity contribution in [2.24, 2.45) is 0 Å². The van der Waals surface area contributed by atoms with E-state index in [0.717, 1.165) is 22.4 Å². The van der Waals surface area contributed by atoms with E-state index in [2.05, 4.69) is 45.0 Å². The molecule has 0 amide bonds. The molecule has 2 heteroatoms. The molecule has 0 N–H and O–H groups in total. The Labute approximate surface area is 134 Å². The van der Waals surface area contributed by atoms with E-state index in [4.69, 9.17) is 0 Å². The Kier molecular flexibility index (Phi) is 5.64. The first-order valence-corrected chi connectivity index (χ1v) is 10.1. The average molecular weight is 345 g/mol. The number of halogens is 1. The summed E-state index contributed by atoms with van der Waals surface area (Å²) in [5, 5.41) is 2.29. The number of aryl methyl sites for hydroxylation is 1. The van der Waals surface area contributed by atoms with Crippen LogP contribution in [-0.2, 0) is 17.0 Å². The number of hydrogen-bond acceptors (Lipinski definition) is 0. The van der Waals surface area contributed by atoms with E-state index in [1.54, 1.807) is 12.1 Å². The Bertz CT molecular complexity index is 567. The summed E-state index contributed by atoms with van der Waals surface area (Å²) in [6.07, 6.45) is 0.868. The first-order valence-electron chi connectivity index (χ1n) is 7.43. The van der Waals surface area contributed by atoms with Crippen molar-refractivity contribution in [3.63, 3.8) is 0 Å². The van der Waals surface area contributed by atoms with Gasteiger partial charge in [-0.3, -0.25) is 0 Å². The zero-order chi connectivity index (χ0) is 15.3. The van der Waals surface area contributed by atoms with E-state index in [9.17, 15) is 4.39 Å². The molecule has 0 atom stereocenters. The molecule has 0 aromatic heterocycles. The third kappa shape index (κ3) is 5.00. The Hall–Kier alpha value is -1.07. The van der Waals surface area contributed by atoms with Gasteiger partial charge in [0.15, 0.2) is 0 Å². The fourth-order valence-corrected chi connectivity index (χ4v) is 4.37. The van der Waals surface area contributed by atoms with Gasteiger partial charge in [0, 0.05) is 0 Å². The quantitative estimate of drug-likeness (QED) is 0.529. The molecular formula is C19H23AsF. The van der Waals surface area contributed by atoms with Gasteiger partial charge in [-0.1, -0.05) is 0 Å². The molecule has 2 aromatic carbocycles. The summed E-state index contributed by atoms with van der Waals surface area (Å²) < 4.78 is 13.5. The van der Waals surface area contributed by atoms with E-state index in [0.29, 0.717) is 0 Å². The maximum atomic E-state index is 13.5. The molecule has 0 saturated carbocycles. The second-order valence-electron chi connectivity index (χ2n) is 6.39. The van der Waals surface area contributed by atoms with E-state index in [1.807, 2.05) is 12.1 Å². The Morgan fingerprint density at radius 2 is 1.62 bits per heavy atom. The van der Waals surface area contributed by atoms with Crippen molar-refractivity contribution in [1.82, 2.24) is 0 Å². The van der Waals surface area contributed by atoms with Gasteiger partial charge in [0.25, 0.3) is 0 Å². The van der Waals surface area contributed by atoms with Crippen LogP contribution >= 0.6 is 0 Å². The second-order valence-corrected chi connectivity index (χ2v) is 8.93. The molecule has 0 nitrogen and oxygen atoms in total. The van der Waals surface area contributed by atoms with Crippen LogP contribution in [0.15, 0.2) is 48.5 Å². The molecule has 1 radical (unpaired) electrons. The third-order valence-corrected chi connectivity index (χ3v) is 5.98. The summed E-state index contributed by atoms with van der Waals surface area (Å²) >= 11 is 0.250. The molecule has 0 unspecified atom stereocenters. The topological polar surface area (TPSA) is 0 Å². The van der Waals surface area contributed by atoms with Gasteiger partial charge in [-0.15, -0.1) is 0 Å². The van der Waals surface area contributed by atoms with Crippen LogP contribution < -0.4 is 0 Å². The molecule has 0 bridgehead atoms. The van der Waals surface area contributed by atoms with Gasteiger partial charge in [0.2, 0.25) is 0 Å². The molecule has 2 aromatic rings. The van der Waals surface area contributed by atoms with Crippen molar-refractivity contribution in [2.45, 2.75) is 43.0 Å². The van der Waals surface area contributed by atoms with Crippen molar-refractivity contribution in [1.29, 1.82) is 0 Å². The SMILES string of the molecule is CC(C)(C)c1ccc(C[As]CCc2ccccc2F)cc1. The zero-order valence-corrected chi connectivity index (χ0v) is 14.9. The zero-order valence-electron chi connectivity index (χ0n) is 13.1. The molecule has 0 aliphatic rings. The van der Waals surface area contributed by atoms with Crippen molar-refractivity contribution in [3.05, 3.63) is 71.0 Å². The van der Waals surface area contributed by atoms with Crippen molar-refractivity contribution in [3.8, 4) is 0 Å². The summed E-state index contributed by atoms with van der Waals surface area (Å²) in [5.41, 5.74) is 3.87. The maximum absolute atomic E-state index is 13.5. The summed E-state index contributed by atoms with van der Waals surface area (Å²) in [4.78, 5) is 0. The summed E-state index contributed by atoms with van der Waals surface area (Å²) in [6, 6.07) is 16.1. The monoisotopic (exact) mass is 345 g/mol. The van der Waals surface area contributed by atoms with Crippen molar-refractivity contribution >= 4 is 15.8 Å². The molecule has 2 rings (SSSR count). The molecule has 0 spiro atoms. The van der Waals surface area contributed by atoms with Gasteiger partial charge in [0.05, 0.1) is 0 Å². The van der Waals surface area contributed by atoms with Gasteiger partial charge < -0.3 is 0 Å². The van der Waals surface area contributed by atoms with Crippen LogP contribution in [0.25, 0.3) is 0 Å². The van der Waals surface area contributed by atoms with Crippen LogP contribution in [0.2, 0.25) is 5.21 Å². The van der Waals surface area contributed by atoms with E-state index in [-0.39, 0.29) is 27.0 Å². The van der Waals surface area contributed by atoms with Gasteiger partial charge in [-0.05, 0) is 0 Å². The minimum absolute atomic E-state index is 0.0618. The Morgan fingerprint density at radius 3 is 2.24 bits per heavy atom. The number of rotatable bonds is 5. The van der Waals surface area contributed by atoms with Crippen LogP contribution in [0.3, 0.4) is 0 Å². The van der Waals surface area contributed by atoms with Crippen LogP contribution in [0.4, 0.5) is 4.39 Å². The van der Waals surface area contributed by atoms with E-state index < -0.39 is 0 Å². The van der Waals surface area contributed by atoms with Gasteiger partial charge in [-0.2, -0.15) is 0 Å². The Balaban J connectivity index is 1.80. The first kappa shape index (κ1) is 16.3. The Morgan fingerprint density at radius 1 is 0.952 bits per heavy atom. The molecule has 0 aliphatic carbocycles. The van der Waals surface area contributed by atoms with Gasteiger partial charge in [-0.25, -0.2) is 0 Å². The second kappa shape index (κ2) is 7.27. The molecule has 21 heavy (non-hydrogen) atoms. The van der Waals surface area contributed by atoms with Crippen molar-refractivity contribution < 1.29 is 4.39 Å². The average Bonchev–Trinajstić information content (AvgIpc) is 2.45. The summed E-state index contributed by atoms with van der Waals surface area (Å²) in [7, 11) is 0. The molecule has 0 heterocycles. The van der Waals surface area contributed by atoms with E-state index >= 15 is 0 Å². The van der Waals surface area contributed by atoms with Crippen LogP contribution in [0, 0.1) is 5.82 Å². The van der Waals surface area contributed by atoms with Gasteiger partial charge >= 0.3 is 134 Å². The first-order chi connectivity index (χ1) is 9.97. The van der Waals surface area contributed by atoms with Crippen molar-refractivity contribution in [2.75, 3.05) is 0 Å². The normalized spacial score (nSPS) is 12.2. The van der Waals surface area contributed by atoms with Crippen LogP contribution in [0.5, 0.6) is 0 Å². The van der Waals surface area contributed by atoms with Gasteiger partial charge in [0.1, 0.15) is 0 Å². The summed E-state index contributed by atoms with van der Waals surface area (Å²) in [5.74, 6) is -0.0618. The predicted octanol–water partition coefficient (Wildman–Crippen LogP) is 4.99. The third-order valence-electron chi connectivity index (χ3n) is 3.61. The molecular weight excluding hydrogens is 322 g/mol.